The van der Waals surface area contributed by atoms with E-state index in [-0.39, 0.29) is 81.9 Å². The third-order valence-electron chi connectivity index (χ3n) is 11.7. The van der Waals surface area contributed by atoms with Gasteiger partial charge in [0, 0.05) is 20.2 Å². The molecule has 0 amide bonds. The smallest absolute Gasteiger partial charge is 0.113 e. The van der Waals surface area contributed by atoms with Crippen molar-refractivity contribution in [2.75, 3.05) is 0 Å². The van der Waals surface area contributed by atoms with Crippen molar-refractivity contribution in [1.29, 1.82) is 0 Å². The summed E-state index contributed by atoms with van der Waals surface area (Å²) in [6.45, 7) is 0. The fourth-order valence-electron chi connectivity index (χ4n) is 8.57. The Morgan fingerprint density at radius 2 is 0.700 bits per heavy atom. The molecule has 16 heteroatoms. The molecule has 9 rings (SSSR count). The van der Waals surface area contributed by atoms with E-state index in [9.17, 15) is 0 Å². The molecule has 0 aliphatic carbocycles. The van der Waals surface area contributed by atoms with Crippen LogP contribution in [0.25, 0.3) is 86.2 Å². The molecule has 30 radical (unpaired) electrons. The van der Waals surface area contributed by atoms with Crippen molar-refractivity contribution < 1.29 is 0 Å². The zero-order valence-electron chi connectivity index (χ0n) is 32.1. The number of benzene rings is 8. The Balaban J connectivity index is 1.46. The fraction of sp³-hybridized carbons (Fsp3) is 0. The third-order valence-corrected chi connectivity index (χ3v) is 12.9. The molecule has 0 unspecified atom stereocenters. The third kappa shape index (κ3) is 5.79. The largest absolute Gasteiger partial charge is 0.135 e. The summed E-state index contributed by atoms with van der Waals surface area (Å²) >= 11 is 1.59. The maximum absolute atomic E-state index is 6.84. The fourth-order valence-corrected chi connectivity index (χ4v) is 9.81. The Morgan fingerprint density at radius 3 is 1.25 bits per heavy atom. The SMILES string of the molecule is [B]c1c([B])c([B])c(-c2ccc3c(-c4cccc5sc6c(-c7c([B])c([B])c([B])c([B])c7[B])cccc6c45)c4ccccc4c(-c4c([B])c([B])c([B])c([B])c4[B])c3c2)c([B])c1[B]. The van der Waals surface area contributed by atoms with Gasteiger partial charge in [-0.25, -0.2) is 0 Å². The van der Waals surface area contributed by atoms with Gasteiger partial charge in [0.05, 0.1) is 0 Å². The molecule has 1 heterocycles. The molecule has 0 saturated carbocycles. The lowest BCUT2D eigenvalue weighted by atomic mass is 9.59. The Morgan fingerprint density at radius 1 is 0.283 bits per heavy atom. The predicted molar refractivity (Wildman–Crippen MR) is 277 cm³/mol. The Bertz CT molecular complexity index is 3300. The predicted octanol–water partition coefficient (Wildman–Crippen LogP) is -5.06. The molecule has 0 spiro atoms. The quantitative estimate of drug-likeness (QED) is 0.126. The molecular weight excluding hydrogens is 723 g/mol. The van der Waals surface area contributed by atoms with E-state index in [4.69, 9.17) is 118 Å². The van der Waals surface area contributed by atoms with E-state index in [1.165, 1.54) is 0 Å². The molecule has 0 bridgehead atoms. The van der Waals surface area contributed by atoms with Crippen molar-refractivity contribution in [3.63, 3.8) is 0 Å². The van der Waals surface area contributed by atoms with Crippen LogP contribution in [0.3, 0.4) is 0 Å². The van der Waals surface area contributed by atoms with E-state index in [0.29, 0.717) is 33.2 Å². The standard InChI is InChI=1S/C44H13B15S/c45-29-23(30(46)36(52)41(57)35(29)51)14-11-12-17-21(13-14)26(28-33(49)39(55)43(59)40(56)34(28)50)16-6-2-1-5-15(16)24(17)18-7-4-10-22-25(18)19-8-3-9-20(44(19)60-22)27-31(47)37(53)42(58)38(54)32(27)48/h1-13H. The second-order valence-corrected chi connectivity index (χ2v) is 15.9. The number of rotatable bonds is 4. The minimum absolute atomic E-state index is 0.0938. The highest BCUT2D eigenvalue weighted by Crippen LogP contribution is 2.49. The van der Waals surface area contributed by atoms with Gasteiger partial charge >= 0.3 is 0 Å². The molecule has 0 N–H and O–H groups in total. The van der Waals surface area contributed by atoms with Crippen molar-refractivity contribution in [1.82, 2.24) is 0 Å². The molecule has 8 aromatic carbocycles. The molecule has 0 fully saturated rings. The van der Waals surface area contributed by atoms with Crippen LogP contribution in [0.1, 0.15) is 0 Å². The van der Waals surface area contributed by atoms with Crippen LogP contribution in [0.15, 0.2) is 78.9 Å². The monoisotopic (exact) mass is 738 g/mol. The first-order valence-electron chi connectivity index (χ1n) is 18.5. The molecule has 9 aromatic rings. The summed E-state index contributed by atoms with van der Waals surface area (Å²) in [5.41, 5.74) is 7.57. The highest BCUT2D eigenvalue weighted by atomic mass is 32.1. The van der Waals surface area contributed by atoms with E-state index in [1.807, 2.05) is 54.6 Å². The Hall–Kier alpha value is -4.53. The van der Waals surface area contributed by atoms with Gasteiger partial charge in [-0.3, -0.25) is 0 Å². The molecule has 0 aliphatic rings. The summed E-state index contributed by atoms with van der Waals surface area (Å²) in [6.07, 6.45) is 0. The summed E-state index contributed by atoms with van der Waals surface area (Å²) in [6, 6.07) is 26.0. The lowest BCUT2D eigenvalue weighted by Crippen LogP contribution is -2.55. The summed E-state index contributed by atoms with van der Waals surface area (Å²) in [4.78, 5) is 0. The normalized spacial score (nSPS) is 11.7. The summed E-state index contributed by atoms with van der Waals surface area (Å²) < 4.78 is 1.93. The van der Waals surface area contributed by atoms with E-state index >= 15 is 0 Å². The molecule has 60 heavy (non-hydrogen) atoms. The highest BCUT2D eigenvalue weighted by Gasteiger charge is 2.25. The van der Waals surface area contributed by atoms with Gasteiger partial charge in [-0.2, -0.15) is 0 Å². The summed E-state index contributed by atoms with van der Waals surface area (Å²) in [5.74, 6) is 0. The van der Waals surface area contributed by atoms with Crippen molar-refractivity contribution in [3.05, 3.63) is 78.9 Å². The minimum atomic E-state index is 0.0938. The van der Waals surface area contributed by atoms with Gasteiger partial charge in [0.25, 0.3) is 0 Å². The van der Waals surface area contributed by atoms with Gasteiger partial charge in [-0.05, 0) is 78.2 Å². The first-order chi connectivity index (χ1) is 28.6. The zero-order chi connectivity index (χ0) is 42.8. The highest BCUT2D eigenvalue weighted by molar-refractivity contribution is 7.26. The first-order valence-corrected chi connectivity index (χ1v) is 19.4. The van der Waals surface area contributed by atoms with Crippen LogP contribution >= 0.6 is 11.3 Å². The molecule has 1 aromatic heterocycles. The van der Waals surface area contributed by atoms with Crippen LogP contribution in [0.2, 0.25) is 0 Å². The van der Waals surface area contributed by atoms with Crippen LogP contribution in [0, 0.1) is 0 Å². The number of hydrogen-bond donors (Lipinski definition) is 0. The zero-order valence-corrected chi connectivity index (χ0v) is 32.9. The van der Waals surface area contributed by atoms with Gasteiger partial charge in [0.2, 0.25) is 0 Å². The first kappa shape index (κ1) is 40.9. The molecular formula is C44H13B15S. The molecule has 0 saturated heterocycles. The van der Waals surface area contributed by atoms with Crippen LogP contribution in [-0.4, -0.2) is 118 Å². The van der Waals surface area contributed by atoms with Gasteiger partial charge in [-0.15, -0.1) is 60.5 Å². The van der Waals surface area contributed by atoms with Gasteiger partial charge in [-0.1, -0.05) is 99.5 Å². The molecule has 0 atom stereocenters. The average molecular weight is 736 g/mol. The minimum Gasteiger partial charge on any atom is -0.135 e. The van der Waals surface area contributed by atoms with E-state index < -0.39 is 0 Å². The van der Waals surface area contributed by atoms with E-state index in [0.717, 1.165) is 53.0 Å². The summed E-state index contributed by atoms with van der Waals surface area (Å²) in [5, 5.41) is 5.16. The summed E-state index contributed by atoms with van der Waals surface area (Å²) in [7, 11) is 97.3. The van der Waals surface area contributed by atoms with E-state index in [2.05, 4.69) is 24.3 Å². The second kappa shape index (κ2) is 14.8. The maximum atomic E-state index is 6.84. The van der Waals surface area contributed by atoms with Crippen LogP contribution in [0.4, 0.5) is 0 Å². The Kier molecular flexibility index (Phi) is 10.1. The maximum Gasteiger partial charge on any atom is 0.113 e. The lowest BCUT2D eigenvalue weighted by Gasteiger charge is -2.26. The van der Waals surface area contributed by atoms with Crippen molar-refractivity contribution in [2.45, 2.75) is 0 Å². The van der Waals surface area contributed by atoms with Crippen LogP contribution in [0.5, 0.6) is 0 Å². The molecule has 240 valence electrons. The Labute approximate surface area is 373 Å². The van der Waals surface area contributed by atoms with Gasteiger partial charge in [0.1, 0.15) is 118 Å². The average Bonchev–Trinajstić information content (AvgIpc) is 3.65. The topological polar surface area (TPSA) is 0 Å². The second-order valence-electron chi connectivity index (χ2n) is 14.8. The van der Waals surface area contributed by atoms with Crippen molar-refractivity contribution in [3.8, 4) is 44.5 Å². The van der Waals surface area contributed by atoms with E-state index in [1.54, 1.807) is 11.3 Å². The van der Waals surface area contributed by atoms with Crippen LogP contribution < -0.4 is 81.9 Å². The van der Waals surface area contributed by atoms with Gasteiger partial charge in [0.15, 0.2) is 0 Å². The van der Waals surface area contributed by atoms with Crippen LogP contribution in [-0.2, 0) is 0 Å². The lowest BCUT2D eigenvalue weighted by molar-refractivity contribution is 1.71. The van der Waals surface area contributed by atoms with Gasteiger partial charge < -0.3 is 0 Å². The van der Waals surface area contributed by atoms with Crippen molar-refractivity contribution in [2.24, 2.45) is 0 Å². The number of thiophene rings is 1. The van der Waals surface area contributed by atoms with Crippen molar-refractivity contribution >= 4 is 253 Å². The molecule has 0 nitrogen and oxygen atoms in total. The number of fused-ring (bicyclic) bond motifs is 5. The number of hydrogen-bond acceptors (Lipinski definition) is 1. The molecule has 0 aliphatic heterocycles.